The first-order valence-electron chi connectivity index (χ1n) is 10.1. The average molecular weight is 463 g/mol. The molecular formula is C21H23ClN4O4S. The lowest BCUT2D eigenvalue weighted by atomic mass is 10.2. The predicted octanol–water partition coefficient (Wildman–Crippen LogP) is 3.66. The van der Waals surface area contributed by atoms with E-state index in [1.807, 2.05) is 0 Å². The molecule has 3 amide bonds. The third-order valence-corrected chi connectivity index (χ3v) is 7.57. The Morgan fingerprint density at radius 1 is 0.935 bits per heavy atom. The standard InChI is InChI=1S/C21H23ClN4O4S/c22-18-10-9-17(13-19(18)31(29,30)26-11-1-2-12-26)23-20(27)14-3-5-15(6-4-14)24-21(28)25-16-7-8-16/h3-6,9-10,13,16H,1-2,7-8,11-12H2,(H,23,27)(H2,24,25,28). The van der Waals surface area contributed by atoms with Crippen LogP contribution in [0.3, 0.4) is 0 Å². The highest BCUT2D eigenvalue weighted by Crippen LogP contribution is 2.30. The average Bonchev–Trinajstić information content (AvgIpc) is 3.36. The van der Waals surface area contributed by atoms with Crippen molar-refractivity contribution < 1.29 is 18.0 Å². The molecule has 164 valence electrons. The second-order valence-electron chi connectivity index (χ2n) is 7.66. The second-order valence-corrected chi connectivity index (χ2v) is 9.97. The molecule has 2 aliphatic rings. The van der Waals surface area contributed by atoms with Crippen LogP contribution in [-0.4, -0.2) is 43.8 Å². The third-order valence-electron chi connectivity index (χ3n) is 5.19. The number of urea groups is 1. The minimum absolute atomic E-state index is 0.0184. The highest BCUT2D eigenvalue weighted by atomic mass is 35.5. The zero-order valence-corrected chi connectivity index (χ0v) is 18.3. The van der Waals surface area contributed by atoms with Crippen LogP contribution in [0.25, 0.3) is 0 Å². The lowest BCUT2D eigenvalue weighted by molar-refractivity contribution is 0.102. The van der Waals surface area contributed by atoms with Gasteiger partial charge in [0.15, 0.2) is 0 Å². The highest BCUT2D eigenvalue weighted by Gasteiger charge is 2.29. The first-order chi connectivity index (χ1) is 14.8. The molecule has 2 aromatic carbocycles. The van der Waals surface area contributed by atoms with Gasteiger partial charge in [0.1, 0.15) is 4.90 Å². The van der Waals surface area contributed by atoms with Crippen LogP contribution in [0.1, 0.15) is 36.0 Å². The number of amides is 3. The molecule has 0 aromatic heterocycles. The summed E-state index contributed by atoms with van der Waals surface area (Å²) in [6, 6.07) is 10.8. The lowest BCUT2D eigenvalue weighted by Crippen LogP contribution is -2.30. The summed E-state index contributed by atoms with van der Waals surface area (Å²) in [6.07, 6.45) is 3.64. The minimum Gasteiger partial charge on any atom is -0.335 e. The third kappa shape index (κ3) is 5.17. The van der Waals surface area contributed by atoms with E-state index in [9.17, 15) is 18.0 Å². The molecule has 10 heteroatoms. The summed E-state index contributed by atoms with van der Waals surface area (Å²) in [5.74, 6) is -0.402. The Hall–Kier alpha value is -2.62. The molecule has 1 saturated carbocycles. The Morgan fingerprint density at radius 2 is 1.58 bits per heavy atom. The number of carbonyl (C=O) groups is 2. The van der Waals surface area contributed by atoms with Crippen molar-refractivity contribution in [3.63, 3.8) is 0 Å². The fourth-order valence-electron chi connectivity index (χ4n) is 3.33. The molecule has 1 aliphatic heterocycles. The van der Waals surface area contributed by atoms with Crippen LogP contribution in [0.4, 0.5) is 16.2 Å². The summed E-state index contributed by atoms with van der Waals surface area (Å²) < 4.78 is 27.1. The number of benzene rings is 2. The number of anilines is 2. The zero-order chi connectivity index (χ0) is 22.0. The molecule has 0 spiro atoms. The van der Waals surface area contributed by atoms with Crippen LogP contribution in [0.2, 0.25) is 5.02 Å². The van der Waals surface area contributed by atoms with Gasteiger partial charge in [-0.3, -0.25) is 4.79 Å². The van der Waals surface area contributed by atoms with E-state index in [2.05, 4.69) is 16.0 Å². The first-order valence-corrected chi connectivity index (χ1v) is 11.9. The number of rotatable bonds is 6. The van der Waals surface area contributed by atoms with Crippen molar-refractivity contribution in [1.29, 1.82) is 0 Å². The van der Waals surface area contributed by atoms with Crippen molar-refractivity contribution >= 4 is 44.9 Å². The van der Waals surface area contributed by atoms with Crippen molar-refractivity contribution in [3.05, 3.63) is 53.1 Å². The van der Waals surface area contributed by atoms with Gasteiger partial charge in [-0.1, -0.05) is 11.6 Å². The quantitative estimate of drug-likeness (QED) is 0.608. The number of nitrogens with zero attached hydrogens (tertiary/aromatic N) is 1. The molecule has 1 saturated heterocycles. The molecule has 3 N–H and O–H groups in total. The maximum atomic E-state index is 12.8. The van der Waals surface area contributed by atoms with Gasteiger partial charge in [-0.05, 0) is 68.1 Å². The number of nitrogens with one attached hydrogen (secondary N) is 3. The van der Waals surface area contributed by atoms with Crippen molar-refractivity contribution in [2.75, 3.05) is 23.7 Å². The van der Waals surface area contributed by atoms with Crippen LogP contribution in [-0.2, 0) is 10.0 Å². The minimum atomic E-state index is -3.71. The van der Waals surface area contributed by atoms with E-state index in [1.54, 1.807) is 30.3 Å². The van der Waals surface area contributed by atoms with Crippen LogP contribution >= 0.6 is 11.6 Å². The van der Waals surface area contributed by atoms with E-state index in [-0.39, 0.29) is 22.0 Å². The molecule has 0 radical (unpaired) electrons. The van der Waals surface area contributed by atoms with Gasteiger partial charge in [-0.25, -0.2) is 13.2 Å². The largest absolute Gasteiger partial charge is 0.335 e. The smallest absolute Gasteiger partial charge is 0.319 e. The van der Waals surface area contributed by atoms with E-state index in [4.69, 9.17) is 11.6 Å². The lowest BCUT2D eigenvalue weighted by Gasteiger charge is -2.17. The van der Waals surface area contributed by atoms with Gasteiger partial charge in [0.2, 0.25) is 10.0 Å². The second kappa shape index (κ2) is 8.86. The maximum absolute atomic E-state index is 12.8. The Labute approximate surface area is 186 Å². The number of hydrogen-bond donors (Lipinski definition) is 3. The maximum Gasteiger partial charge on any atom is 0.319 e. The number of carbonyl (C=O) groups excluding carboxylic acids is 2. The van der Waals surface area contributed by atoms with Gasteiger partial charge in [0, 0.05) is 36.1 Å². The highest BCUT2D eigenvalue weighted by molar-refractivity contribution is 7.89. The Balaban J connectivity index is 1.44. The van der Waals surface area contributed by atoms with Gasteiger partial charge in [0.25, 0.3) is 5.91 Å². The first kappa shape index (κ1) is 21.6. The van der Waals surface area contributed by atoms with Crippen molar-refractivity contribution in [2.24, 2.45) is 0 Å². The molecule has 2 fully saturated rings. The summed E-state index contributed by atoms with van der Waals surface area (Å²) in [4.78, 5) is 24.4. The Morgan fingerprint density at radius 3 is 2.23 bits per heavy atom. The van der Waals surface area contributed by atoms with E-state index >= 15 is 0 Å². The van der Waals surface area contributed by atoms with Crippen LogP contribution < -0.4 is 16.0 Å². The fourth-order valence-corrected chi connectivity index (χ4v) is 5.35. The number of hydrogen-bond acceptors (Lipinski definition) is 4. The van der Waals surface area contributed by atoms with Crippen LogP contribution in [0.5, 0.6) is 0 Å². The molecule has 0 atom stereocenters. The van der Waals surface area contributed by atoms with Crippen molar-refractivity contribution in [2.45, 2.75) is 36.6 Å². The van der Waals surface area contributed by atoms with Gasteiger partial charge >= 0.3 is 6.03 Å². The van der Waals surface area contributed by atoms with E-state index in [1.165, 1.54) is 16.4 Å². The monoisotopic (exact) mass is 462 g/mol. The number of halogens is 1. The molecule has 0 unspecified atom stereocenters. The molecule has 1 heterocycles. The van der Waals surface area contributed by atoms with Crippen LogP contribution in [0.15, 0.2) is 47.4 Å². The predicted molar refractivity (Wildman–Crippen MR) is 119 cm³/mol. The van der Waals surface area contributed by atoms with Crippen molar-refractivity contribution in [1.82, 2.24) is 9.62 Å². The van der Waals surface area contributed by atoms with Gasteiger partial charge in [-0.15, -0.1) is 0 Å². The number of sulfonamides is 1. The summed E-state index contributed by atoms with van der Waals surface area (Å²) in [5.41, 5.74) is 1.27. The van der Waals surface area contributed by atoms with Gasteiger partial charge < -0.3 is 16.0 Å². The summed E-state index contributed by atoms with van der Waals surface area (Å²) in [6.45, 7) is 0.933. The van der Waals surface area contributed by atoms with E-state index in [0.29, 0.717) is 30.0 Å². The van der Waals surface area contributed by atoms with E-state index < -0.39 is 15.9 Å². The van der Waals surface area contributed by atoms with Gasteiger partial charge in [-0.2, -0.15) is 4.31 Å². The summed E-state index contributed by atoms with van der Waals surface area (Å²) in [5, 5.41) is 8.36. The Bertz CT molecular complexity index is 1090. The Kier molecular flexibility index (Phi) is 6.17. The molecule has 0 bridgehead atoms. The molecule has 2 aromatic rings. The topological polar surface area (TPSA) is 108 Å². The van der Waals surface area contributed by atoms with E-state index in [0.717, 1.165) is 25.7 Å². The SMILES string of the molecule is O=C(Nc1ccc(C(=O)Nc2ccc(Cl)c(S(=O)(=O)N3CCCC3)c2)cc1)NC1CC1. The van der Waals surface area contributed by atoms with Gasteiger partial charge in [0.05, 0.1) is 5.02 Å². The molecule has 4 rings (SSSR count). The molecule has 31 heavy (non-hydrogen) atoms. The zero-order valence-electron chi connectivity index (χ0n) is 16.7. The molecular weight excluding hydrogens is 440 g/mol. The fraction of sp³-hybridized carbons (Fsp3) is 0.333. The summed E-state index contributed by atoms with van der Waals surface area (Å²) in [7, 11) is -3.71. The molecule has 1 aliphatic carbocycles. The normalized spacial score (nSPS) is 16.7. The summed E-state index contributed by atoms with van der Waals surface area (Å²) >= 11 is 6.15. The molecule has 8 nitrogen and oxygen atoms in total. The van der Waals surface area contributed by atoms with Crippen LogP contribution in [0, 0.1) is 0 Å². The van der Waals surface area contributed by atoms with Crippen molar-refractivity contribution in [3.8, 4) is 0 Å².